The van der Waals surface area contributed by atoms with Gasteiger partial charge in [0, 0.05) is 0 Å². The smallest absolute Gasteiger partial charge is 0.136 e. The van der Waals surface area contributed by atoms with Gasteiger partial charge < -0.3 is 15.6 Å². The third kappa shape index (κ3) is 2.13. The molecule has 3 atom stereocenters. The van der Waals surface area contributed by atoms with Crippen LogP contribution in [0.5, 0.6) is 0 Å². The average molecular weight is 129 g/mol. The maximum absolute atomic E-state index is 8.73. The van der Waals surface area contributed by atoms with Gasteiger partial charge in [0.15, 0.2) is 0 Å². The Bertz CT molecular complexity index is 122. The van der Waals surface area contributed by atoms with Crippen LogP contribution in [0, 0.1) is 0 Å². The summed E-state index contributed by atoms with van der Waals surface area (Å²) in [7, 11) is 0. The molecule has 1 aliphatic rings. The molecule has 0 aromatic heterocycles. The SMILES string of the molecule is CC(O)/C=C\C1OC1N. The van der Waals surface area contributed by atoms with Crippen LogP contribution in [0.3, 0.4) is 0 Å². The number of rotatable bonds is 2. The molecule has 3 unspecified atom stereocenters. The average Bonchev–Trinajstić information content (AvgIpc) is 2.42. The van der Waals surface area contributed by atoms with E-state index in [1.165, 1.54) is 0 Å². The minimum atomic E-state index is -0.401. The summed E-state index contributed by atoms with van der Waals surface area (Å²) < 4.78 is 4.85. The molecule has 1 aliphatic heterocycles. The predicted octanol–water partition coefficient (Wildman–Crippen LogP) is -0.393. The van der Waals surface area contributed by atoms with Crippen LogP contribution in [-0.4, -0.2) is 23.5 Å². The van der Waals surface area contributed by atoms with Gasteiger partial charge in [0.2, 0.25) is 0 Å². The predicted molar refractivity (Wildman–Crippen MR) is 33.7 cm³/mol. The van der Waals surface area contributed by atoms with Crippen molar-refractivity contribution in [1.29, 1.82) is 0 Å². The van der Waals surface area contributed by atoms with E-state index >= 15 is 0 Å². The summed E-state index contributed by atoms with van der Waals surface area (Å²) in [6.07, 6.45) is 2.94. The molecule has 0 amide bonds. The fraction of sp³-hybridized carbons (Fsp3) is 0.667. The monoisotopic (exact) mass is 129 g/mol. The quantitative estimate of drug-likeness (QED) is 0.394. The highest BCUT2D eigenvalue weighted by molar-refractivity contribution is 5.01. The third-order valence-corrected chi connectivity index (χ3v) is 1.14. The first-order valence-electron chi connectivity index (χ1n) is 2.97. The van der Waals surface area contributed by atoms with E-state index in [0.717, 1.165) is 0 Å². The van der Waals surface area contributed by atoms with Crippen molar-refractivity contribution in [2.24, 2.45) is 5.73 Å². The number of epoxide rings is 1. The molecule has 0 aliphatic carbocycles. The van der Waals surface area contributed by atoms with Crippen molar-refractivity contribution >= 4 is 0 Å². The largest absolute Gasteiger partial charge is 0.389 e. The van der Waals surface area contributed by atoms with E-state index in [4.69, 9.17) is 15.6 Å². The van der Waals surface area contributed by atoms with E-state index in [0.29, 0.717) is 0 Å². The molecule has 0 aromatic rings. The number of aliphatic hydroxyl groups is 1. The summed E-state index contributed by atoms with van der Waals surface area (Å²) in [4.78, 5) is 0. The van der Waals surface area contributed by atoms with Crippen LogP contribution >= 0.6 is 0 Å². The van der Waals surface area contributed by atoms with Gasteiger partial charge >= 0.3 is 0 Å². The Labute approximate surface area is 54.1 Å². The summed E-state index contributed by atoms with van der Waals surface area (Å²) in [5, 5.41) is 8.73. The van der Waals surface area contributed by atoms with E-state index in [1.807, 2.05) is 0 Å². The van der Waals surface area contributed by atoms with Crippen molar-refractivity contribution in [3.8, 4) is 0 Å². The summed E-state index contributed by atoms with van der Waals surface area (Å²) >= 11 is 0. The van der Waals surface area contributed by atoms with Crippen molar-refractivity contribution < 1.29 is 9.84 Å². The fourth-order valence-electron chi connectivity index (χ4n) is 0.561. The highest BCUT2D eigenvalue weighted by atomic mass is 16.6. The van der Waals surface area contributed by atoms with Crippen molar-refractivity contribution in [1.82, 2.24) is 0 Å². The molecule has 1 fully saturated rings. The van der Waals surface area contributed by atoms with Crippen LogP contribution in [0.1, 0.15) is 6.92 Å². The summed E-state index contributed by atoms with van der Waals surface area (Å²) in [6.45, 7) is 1.68. The summed E-state index contributed by atoms with van der Waals surface area (Å²) in [5.41, 5.74) is 5.30. The Balaban J connectivity index is 2.18. The van der Waals surface area contributed by atoms with E-state index < -0.39 is 6.10 Å². The minimum absolute atomic E-state index is 0.0413. The van der Waals surface area contributed by atoms with Gasteiger partial charge in [-0.3, -0.25) is 0 Å². The number of nitrogens with two attached hydrogens (primary N) is 1. The molecular weight excluding hydrogens is 118 g/mol. The number of hydrogen-bond donors (Lipinski definition) is 2. The lowest BCUT2D eigenvalue weighted by molar-refractivity contribution is 0.243. The van der Waals surface area contributed by atoms with Crippen LogP contribution in [-0.2, 0) is 4.74 Å². The molecule has 0 bridgehead atoms. The van der Waals surface area contributed by atoms with Gasteiger partial charge in [-0.25, -0.2) is 0 Å². The molecule has 0 spiro atoms. The number of hydrogen-bond acceptors (Lipinski definition) is 3. The zero-order valence-electron chi connectivity index (χ0n) is 5.32. The lowest BCUT2D eigenvalue weighted by atomic mass is 10.3. The maximum atomic E-state index is 8.73. The van der Waals surface area contributed by atoms with Crippen molar-refractivity contribution in [3.63, 3.8) is 0 Å². The first kappa shape index (κ1) is 6.74. The second-order valence-corrected chi connectivity index (χ2v) is 2.19. The highest BCUT2D eigenvalue weighted by Crippen LogP contribution is 2.17. The Morgan fingerprint density at radius 1 is 1.78 bits per heavy atom. The van der Waals surface area contributed by atoms with Crippen LogP contribution in [0.15, 0.2) is 12.2 Å². The molecule has 1 rings (SSSR count). The fourth-order valence-corrected chi connectivity index (χ4v) is 0.561. The van der Waals surface area contributed by atoms with Gasteiger partial charge in [-0.15, -0.1) is 0 Å². The Kier molecular flexibility index (Phi) is 1.85. The second kappa shape index (κ2) is 2.47. The van der Waals surface area contributed by atoms with Crippen molar-refractivity contribution in [2.75, 3.05) is 0 Å². The Morgan fingerprint density at radius 3 is 2.67 bits per heavy atom. The Morgan fingerprint density at radius 2 is 2.33 bits per heavy atom. The van der Waals surface area contributed by atoms with E-state index in [9.17, 15) is 0 Å². The van der Waals surface area contributed by atoms with Crippen LogP contribution in [0.2, 0.25) is 0 Å². The second-order valence-electron chi connectivity index (χ2n) is 2.19. The number of ether oxygens (including phenoxy) is 1. The molecule has 52 valence electrons. The maximum Gasteiger partial charge on any atom is 0.136 e. The molecular formula is C6H11NO2. The van der Waals surface area contributed by atoms with Gasteiger partial charge in [-0.1, -0.05) is 12.2 Å². The highest BCUT2D eigenvalue weighted by Gasteiger charge is 2.31. The van der Waals surface area contributed by atoms with E-state index in [2.05, 4.69) is 0 Å². The molecule has 0 aromatic carbocycles. The molecule has 3 heteroatoms. The van der Waals surface area contributed by atoms with Gasteiger partial charge in [0.25, 0.3) is 0 Å². The topological polar surface area (TPSA) is 58.8 Å². The lowest BCUT2D eigenvalue weighted by Gasteiger charge is -1.89. The minimum Gasteiger partial charge on any atom is -0.389 e. The Hall–Kier alpha value is -0.380. The third-order valence-electron chi connectivity index (χ3n) is 1.14. The summed E-state index contributed by atoms with van der Waals surface area (Å²) in [6, 6.07) is 0. The summed E-state index contributed by atoms with van der Waals surface area (Å²) in [5.74, 6) is 0. The molecule has 0 radical (unpaired) electrons. The van der Waals surface area contributed by atoms with Gasteiger partial charge in [0.05, 0.1) is 6.10 Å². The van der Waals surface area contributed by atoms with Crippen LogP contribution < -0.4 is 5.73 Å². The molecule has 9 heavy (non-hydrogen) atoms. The van der Waals surface area contributed by atoms with Gasteiger partial charge in [0.1, 0.15) is 12.3 Å². The zero-order valence-corrected chi connectivity index (χ0v) is 5.32. The van der Waals surface area contributed by atoms with E-state index in [-0.39, 0.29) is 12.3 Å². The molecule has 3 nitrogen and oxygen atoms in total. The number of aliphatic hydroxyl groups excluding tert-OH is 1. The normalized spacial score (nSPS) is 37.2. The van der Waals surface area contributed by atoms with Crippen molar-refractivity contribution in [3.05, 3.63) is 12.2 Å². The molecule has 0 saturated carbocycles. The van der Waals surface area contributed by atoms with Gasteiger partial charge in [-0.2, -0.15) is 0 Å². The molecule has 3 N–H and O–H groups in total. The first-order chi connectivity index (χ1) is 4.20. The zero-order chi connectivity index (χ0) is 6.85. The first-order valence-corrected chi connectivity index (χ1v) is 2.97. The van der Waals surface area contributed by atoms with E-state index in [1.54, 1.807) is 19.1 Å². The standard InChI is InChI=1S/C6H11NO2/c1-4(8)2-3-5-6(7)9-5/h2-6,8H,7H2,1H3/b3-2-. The molecule has 1 saturated heterocycles. The molecule has 1 heterocycles. The van der Waals surface area contributed by atoms with Crippen LogP contribution in [0.4, 0.5) is 0 Å². The van der Waals surface area contributed by atoms with Crippen LogP contribution in [0.25, 0.3) is 0 Å². The van der Waals surface area contributed by atoms with Gasteiger partial charge in [-0.05, 0) is 6.92 Å². The van der Waals surface area contributed by atoms with Crippen molar-refractivity contribution in [2.45, 2.75) is 25.4 Å². The lowest BCUT2D eigenvalue weighted by Crippen LogP contribution is -2.03.